The predicted octanol–water partition coefficient (Wildman–Crippen LogP) is 2.61. The van der Waals surface area contributed by atoms with Crippen molar-refractivity contribution in [2.45, 2.75) is 33.2 Å². The molecule has 0 amide bonds. The summed E-state index contributed by atoms with van der Waals surface area (Å²) in [5.41, 5.74) is 3.34. The van der Waals surface area contributed by atoms with E-state index < -0.39 is 0 Å². The van der Waals surface area contributed by atoms with Crippen LogP contribution in [-0.4, -0.2) is 59.5 Å². The number of nitrogens with zero attached hydrogens (tertiary/aromatic N) is 5. The van der Waals surface area contributed by atoms with Gasteiger partial charge in [0.05, 0.1) is 24.6 Å². The van der Waals surface area contributed by atoms with E-state index in [4.69, 9.17) is 4.74 Å². The Morgan fingerprint density at radius 2 is 1.96 bits per heavy atom. The van der Waals surface area contributed by atoms with Gasteiger partial charge in [0.25, 0.3) is 0 Å². The Hall–Kier alpha value is -2.05. The fraction of sp³-hybridized carbons (Fsp3) is 0.571. The molecule has 2 aromatic rings. The predicted molar refractivity (Wildman–Crippen MR) is 106 cm³/mol. The molecule has 144 valence electrons. The Bertz CT molecular complexity index is 765. The molecule has 4 rings (SSSR count). The second kappa shape index (κ2) is 7.90. The lowest BCUT2D eigenvalue weighted by Gasteiger charge is -2.43. The molecule has 2 fully saturated rings. The molecule has 2 aliphatic heterocycles. The molecule has 27 heavy (non-hydrogen) atoms. The van der Waals surface area contributed by atoms with Crippen molar-refractivity contribution in [2.75, 3.05) is 44.3 Å². The zero-order valence-corrected chi connectivity index (χ0v) is 16.4. The number of piperidine rings is 1. The average Bonchev–Trinajstić information content (AvgIpc) is 2.85. The SMILES string of the molecule is Cc1ccc(N2CCOC[C@]3(CCCN(Cc4cccc(C)n4)C3)C2)nn1. The number of anilines is 1. The first-order chi connectivity index (χ1) is 13.1. The van der Waals surface area contributed by atoms with Crippen molar-refractivity contribution < 1.29 is 4.74 Å². The third-order valence-electron chi connectivity index (χ3n) is 5.62. The molecular formula is C21H29N5O. The van der Waals surface area contributed by atoms with Crippen LogP contribution in [0.2, 0.25) is 0 Å². The fourth-order valence-electron chi connectivity index (χ4n) is 4.36. The van der Waals surface area contributed by atoms with E-state index >= 15 is 0 Å². The second-order valence-corrected chi connectivity index (χ2v) is 8.09. The molecule has 0 aliphatic carbocycles. The highest BCUT2D eigenvalue weighted by Crippen LogP contribution is 2.34. The molecule has 2 saturated heterocycles. The maximum absolute atomic E-state index is 6.05. The van der Waals surface area contributed by atoms with Crippen LogP contribution < -0.4 is 4.90 Å². The van der Waals surface area contributed by atoms with Crippen molar-refractivity contribution in [3.05, 3.63) is 47.4 Å². The van der Waals surface area contributed by atoms with Gasteiger partial charge in [0.1, 0.15) is 0 Å². The smallest absolute Gasteiger partial charge is 0.151 e. The largest absolute Gasteiger partial charge is 0.379 e. The van der Waals surface area contributed by atoms with Crippen LogP contribution in [0.5, 0.6) is 0 Å². The Morgan fingerprint density at radius 3 is 2.78 bits per heavy atom. The number of aromatic nitrogens is 3. The van der Waals surface area contributed by atoms with Gasteiger partial charge in [-0.2, -0.15) is 5.10 Å². The van der Waals surface area contributed by atoms with Crippen LogP contribution in [0.3, 0.4) is 0 Å². The molecule has 4 heterocycles. The van der Waals surface area contributed by atoms with Crippen LogP contribution in [0, 0.1) is 19.3 Å². The highest BCUT2D eigenvalue weighted by Gasteiger charge is 2.39. The van der Waals surface area contributed by atoms with Gasteiger partial charge < -0.3 is 9.64 Å². The minimum atomic E-state index is 0.144. The van der Waals surface area contributed by atoms with Gasteiger partial charge >= 0.3 is 0 Å². The summed E-state index contributed by atoms with van der Waals surface area (Å²) in [6.07, 6.45) is 2.39. The zero-order chi connectivity index (χ0) is 18.7. The van der Waals surface area contributed by atoms with Gasteiger partial charge in [-0.1, -0.05) is 6.07 Å². The van der Waals surface area contributed by atoms with Gasteiger partial charge in [0, 0.05) is 37.3 Å². The summed E-state index contributed by atoms with van der Waals surface area (Å²) in [6, 6.07) is 10.4. The highest BCUT2D eigenvalue weighted by molar-refractivity contribution is 5.38. The summed E-state index contributed by atoms with van der Waals surface area (Å²) in [5, 5.41) is 8.66. The van der Waals surface area contributed by atoms with E-state index in [9.17, 15) is 0 Å². The lowest BCUT2D eigenvalue weighted by atomic mass is 9.80. The van der Waals surface area contributed by atoms with Crippen molar-refractivity contribution in [3.63, 3.8) is 0 Å². The third-order valence-corrected chi connectivity index (χ3v) is 5.62. The molecule has 0 bridgehead atoms. The van der Waals surface area contributed by atoms with E-state index in [1.165, 1.54) is 12.8 Å². The van der Waals surface area contributed by atoms with Crippen molar-refractivity contribution in [1.29, 1.82) is 0 Å². The molecule has 2 aromatic heterocycles. The van der Waals surface area contributed by atoms with Crippen LogP contribution >= 0.6 is 0 Å². The maximum atomic E-state index is 6.05. The number of hydrogen-bond acceptors (Lipinski definition) is 6. The number of hydrogen-bond donors (Lipinski definition) is 0. The minimum Gasteiger partial charge on any atom is -0.379 e. The molecule has 0 saturated carbocycles. The Labute approximate surface area is 161 Å². The number of ether oxygens (including phenoxy) is 1. The summed E-state index contributed by atoms with van der Waals surface area (Å²) in [7, 11) is 0. The topological polar surface area (TPSA) is 54.4 Å². The van der Waals surface area contributed by atoms with Crippen LogP contribution in [0.1, 0.15) is 29.9 Å². The Kier molecular flexibility index (Phi) is 5.36. The first-order valence-electron chi connectivity index (χ1n) is 9.90. The quantitative estimate of drug-likeness (QED) is 0.831. The minimum absolute atomic E-state index is 0.144. The van der Waals surface area contributed by atoms with Gasteiger partial charge in [0.15, 0.2) is 5.82 Å². The molecule has 0 radical (unpaired) electrons. The zero-order valence-electron chi connectivity index (χ0n) is 16.4. The molecule has 2 aliphatic rings. The second-order valence-electron chi connectivity index (χ2n) is 8.09. The molecular weight excluding hydrogens is 338 g/mol. The summed E-state index contributed by atoms with van der Waals surface area (Å²) in [4.78, 5) is 9.58. The monoisotopic (exact) mass is 367 g/mol. The van der Waals surface area contributed by atoms with Crippen molar-refractivity contribution in [2.24, 2.45) is 5.41 Å². The number of aryl methyl sites for hydroxylation is 2. The molecule has 1 spiro atoms. The molecule has 1 atom stereocenters. The fourth-order valence-corrected chi connectivity index (χ4v) is 4.36. The van der Waals surface area contributed by atoms with Gasteiger partial charge in [-0.05, 0) is 57.5 Å². The molecule has 0 unspecified atom stereocenters. The molecule has 6 heteroatoms. The average molecular weight is 367 g/mol. The van der Waals surface area contributed by atoms with E-state index in [2.05, 4.69) is 56.2 Å². The first-order valence-corrected chi connectivity index (χ1v) is 9.90. The van der Waals surface area contributed by atoms with Crippen LogP contribution in [0.15, 0.2) is 30.3 Å². The van der Waals surface area contributed by atoms with Gasteiger partial charge in [0.2, 0.25) is 0 Å². The normalized spacial score (nSPS) is 24.1. The van der Waals surface area contributed by atoms with Crippen molar-refractivity contribution >= 4 is 5.82 Å². The summed E-state index contributed by atoms with van der Waals surface area (Å²) < 4.78 is 6.05. The lowest BCUT2D eigenvalue weighted by Crippen LogP contribution is -2.50. The molecule has 0 aromatic carbocycles. The summed E-state index contributed by atoms with van der Waals surface area (Å²) in [5.74, 6) is 0.961. The maximum Gasteiger partial charge on any atom is 0.151 e. The summed E-state index contributed by atoms with van der Waals surface area (Å²) >= 11 is 0. The first kappa shape index (κ1) is 18.3. The standard InChI is InChI=1S/C21H29N5O/c1-17-5-3-6-19(22-17)13-25-10-4-9-21(14-25)15-26(11-12-27-16-21)20-8-7-18(2)23-24-20/h3,5-8H,4,9-16H2,1-2H3/t21-/m0/s1. The number of likely N-dealkylation sites (tertiary alicyclic amines) is 1. The molecule has 0 N–H and O–H groups in total. The van der Waals surface area contributed by atoms with E-state index in [0.717, 1.165) is 68.8 Å². The third kappa shape index (κ3) is 4.45. The van der Waals surface area contributed by atoms with Gasteiger partial charge in [-0.25, -0.2) is 0 Å². The van der Waals surface area contributed by atoms with E-state index in [1.54, 1.807) is 0 Å². The van der Waals surface area contributed by atoms with E-state index in [-0.39, 0.29) is 5.41 Å². The van der Waals surface area contributed by atoms with Gasteiger partial charge in [-0.3, -0.25) is 9.88 Å². The van der Waals surface area contributed by atoms with Crippen LogP contribution in [0.25, 0.3) is 0 Å². The number of pyridine rings is 1. The van der Waals surface area contributed by atoms with Crippen molar-refractivity contribution in [3.8, 4) is 0 Å². The van der Waals surface area contributed by atoms with Crippen LogP contribution in [-0.2, 0) is 11.3 Å². The lowest BCUT2D eigenvalue weighted by molar-refractivity contribution is 0.0103. The number of rotatable bonds is 3. The van der Waals surface area contributed by atoms with Crippen molar-refractivity contribution in [1.82, 2.24) is 20.1 Å². The highest BCUT2D eigenvalue weighted by atomic mass is 16.5. The van der Waals surface area contributed by atoms with Crippen LogP contribution in [0.4, 0.5) is 5.82 Å². The van der Waals surface area contributed by atoms with E-state index in [1.807, 2.05) is 13.0 Å². The summed E-state index contributed by atoms with van der Waals surface area (Å²) in [6.45, 7) is 10.5. The molecule has 6 nitrogen and oxygen atoms in total. The van der Waals surface area contributed by atoms with E-state index in [0.29, 0.717) is 0 Å². The Balaban J connectivity index is 1.49. The van der Waals surface area contributed by atoms with Gasteiger partial charge in [-0.15, -0.1) is 5.10 Å². The Morgan fingerprint density at radius 1 is 1.04 bits per heavy atom.